The molecule has 2 aliphatic heterocycles. The fourth-order valence-electron chi connectivity index (χ4n) is 3.67. The molecule has 4 heterocycles. The average molecular weight is 313 g/mol. The molecule has 2 bridgehead atoms. The van der Waals surface area contributed by atoms with Gasteiger partial charge in [-0.05, 0) is 36.4 Å². The Balaban J connectivity index is 1.47. The molecule has 1 amide bonds. The number of fused-ring (bicyclic) bond motifs is 2. The number of amides is 1. The van der Waals surface area contributed by atoms with E-state index in [4.69, 9.17) is 0 Å². The monoisotopic (exact) mass is 313 g/mol. The van der Waals surface area contributed by atoms with Gasteiger partial charge in [-0.3, -0.25) is 14.7 Å². The zero-order chi connectivity index (χ0) is 14.9. The second kappa shape index (κ2) is 5.82. The Morgan fingerprint density at radius 2 is 1.91 bits per heavy atom. The molecule has 114 valence electrons. The van der Waals surface area contributed by atoms with Crippen LogP contribution >= 0.6 is 11.3 Å². The summed E-state index contributed by atoms with van der Waals surface area (Å²) in [4.78, 5) is 22.7. The lowest BCUT2D eigenvalue weighted by atomic mass is 10.1. The van der Waals surface area contributed by atoms with E-state index in [-0.39, 0.29) is 5.91 Å². The van der Waals surface area contributed by atoms with Crippen LogP contribution in [0.2, 0.25) is 0 Å². The van der Waals surface area contributed by atoms with E-state index >= 15 is 0 Å². The molecule has 5 heteroatoms. The number of carbonyl (C=O) groups is 1. The molecule has 2 unspecified atom stereocenters. The third-order valence-electron chi connectivity index (χ3n) is 4.77. The summed E-state index contributed by atoms with van der Waals surface area (Å²) in [5.74, 6) is 0.148. The van der Waals surface area contributed by atoms with E-state index in [0.717, 1.165) is 25.2 Å². The molecule has 4 nitrogen and oxygen atoms in total. The van der Waals surface area contributed by atoms with Crippen molar-refractivity contribution in [3.05, 3.63) is 52.5 Å². The minimum atomic E-state index is 0.148. The molecule has 0 saturated carbocycles. The first-order valence-corrected chi connectivity index (χ1v) is 8.66. The highest BCUT2D eigenvalue weighted by Gasteiger charge is 2.41. The lowest BCUT2D eigenvalue weighted by Crippen LogP contribution is -2.54. The highest BCUT2D eigenvalue weighted by Crippen LogP contribution is 2.32. The van der Waals surface area contributed by atoms with Crippen molar-refractivity contribution in [2.75, 3.05) is 13.1 Å². The number of hydrogen-bond donors (Lipinski definition) is 0. The molecule has 2 aliphatic rings. The lowest BCUT2D eigenvalue weighted by Gasteiger charge is -2.41. The van der Waals surface area contributed by atoms with Gasteiger partial charge in [0.15, 0.2) is 0 Å². The molecular weight excluding hydrogens is 294 g/mol. The Morgan fingerprint density at radius 1 is 1.18 bits per heavy atom. The SMILES string of the molecule is O=C(c1ccncc1)N1CC2CCC(C1)N2Cc1cccs1. The van der Waals surface area contributed by atoms with Gasteiger partial charge < -0.3 is 4.90 Å². The molecule has 0 aromatic carbocycles. The van der Waals surface area contributed by atoms with Crippen molar-refractivity contribution >= 4 is 17.2 Å². The van der Waals surface area contributed by atoms with Crippen LogP contribution in [-0.2, 0) is 6.54 Å². The van der Waals surface area contributed by atoms with Crippen molar-refractivity contribution in [3.8, 4) is 0 Å². The predicted octanol–water partition coefficient (Wildman–Crippen LogP) is 2.63. The number of piperazine rings is 1. The highest BCUT2D eigenvalue weighted by atomic mass is 32.1. The van der Waals surface area contributed by atoms with Crippen LogP contribution in [0, 0.1) is 0 Å². The number of hydrogen-bond acceptors (Lipinski definition) is 4. The zero-order valence-electron chi connectivity index (χ0n) is 12.4. The lowest BCUT2D eigenvalue weighted by molar-refractivity contribution is 0.0427. The third-order valence-corrected chi connectivity index (χ3v) is 5.63. The van der Waals surface area contributed by atoms with Crippen LogP contribution in [0.1, 0.15) is 28.1 Å². The topological polar surface area (TPSA) is 36.4 Å². The Bertz CT molecular complexity index is 629. The van der Waals surface area contributed by atoms with Crippen molar-refractivity contribution in [1.29, 1.82) is 0 Å². The Hall–Kier alpha value is -1.72. The molecule has 2 aromatic heterocycles. The molecule has 2 saturated heterocycles. The maximum absolute atomic E-state index is 12.6. The van der Waals surface area contributed by atoms with Crippen LogP contribution in [0.4, 0.5) is 0 Å². The summed E-state index contributed by atoms with van der Waals surface area (Å²) in [5.41, 5.74) is 0.751. The van der Waals surface area contributed by atoms with Crippen LogP contribution < -0.4 is 0 Å². The fraction of sp³-hybridized carbons (Fsp3) is 0.412. The van der Waals surface area contributed by atoms with E-state index < -0.39 is 0 Å². The van der Waals surface area contributed by atoms with Crippen LogP contribution in [0.25, 0.3) is 0 Å². The number of nitrogens with zero attached hydrogens (tertiary/aromatic N) is 3. The van der Waals surface area contributed by atoms with Gasteiger partial charge in [-0.25, -0.2) is 0 Å². The summed E-state index contributed by atoms with van der Waals surface area (Å²) in [5, 5.41) is 2.14. The number of aromatic nitrogens is 1. The van der Waals surface area contributed by atoms with Crippen molar-refractivity contribution in [3.63, 3.8) is 0 Å². The predicted molar refractivity (Wildman–Crippen MR) is 86.8 cm³/mol. The quantitative estimate of drug-likeness (QED) is 0.874. The smallest absolute Gasteiger partial charge is 0.254 e. The second-order valence-electron chi connectivity index (χ2n) is 6.08. The minimum Gasteiger partial charge on any atom is -0.336 e. The molecule has 0 N–H and O–H groups in total. The van der Waals surface area contributed by atoms with Gasteiger partial charge in [0.25, 0.3) is 5.91 Å². The van der Waals surface area contributed by atoms with E-state index in [1.54, 1.807) is 12.4 Å². The third kappa shape index (κ3) is 2.55. The van der Waals surface area contributed by atoms with Gasteiger partial charge in [0.1, 0.15) is 0 Å². The average Bonchev–Trinajstić information content (AvgIpc) is 3.14. The van der Waals surface area contributed by atoms with Crippen molar-refractivity contribution in [1.82, 2.24) is 14.8 Å². The first-order chi connectivity index (χ1) is 10.8. The fourth-order valence-corrected chi connectivity index (χ4v) is 4.39. The number of pyridine rings is 1. The normalized spacial score (nSPS) is 24.6. The summed E-state index contributed by atoms with van der Waals surface area (Å²) in [6.07, 6.45) is 5.79. The van der Waals surface area contributed by atoms with Gasteiger partial charge >= 0.3 is 0 Å². The van der Waals surface area contributed by atoms with E-state index in [9.17, 15) is 4.79 Å². The van der Waals surface area contributed by atoms with Crippen molar-refractivity contribution in [2.45, 2.75) is 31.5 Å². The molecule has 2 aromatic rings. The summed E-state index contributed by atoms with van der Waals surface area (Å²) < 4.78 is 0. The van der Waals surface area contributed by atoms with E-state index in [2.05, 4.69) is 27.4 Å². The Morgan fingerprint density at radius 3 is 2.55 bits per heavy atom. The summed E-state index contributed by atoms with van der Waals surface area (Å²) in [6.45, 7) is 2.73. The Labute approximate surface area is 134 Å². The maximum Gasteiger partial charge on any atom is 0.254 e. The van der Waals surface area contributed by atoms with Gasteiger partial charge in [0.05, 0.1) is 0 Å². The largest absolute Gasteiger partial charge is 0.336 e. The summed E-state index contributed by atoms with van der Waals surface area (Å²) in [6, 6.07) is 8.95. The molecular formula is C17H19N3OS. The zero-order valence-corrected chi connectivity index (χ0v) is 13.2. The van der Waals surface area contributed by atoms with Gasteiger partial charge in [-0.2, -0.15) is 0 Å². The first kappa shape index (κ1) is 13.9. The minimum absolute atomic E-state index is 0.148. The van der Waals surface area contributed by atoms with Crippen LogP contribution in [0.3, 0.4) is 0 Å². The van der Waals surface area contributed by atoms with Gasteiger partial charge in [0.2, 0.25) is 0 Å². The standard InChI is InChI=1S/C17H19N3OS/c21-17(13-5-7-18-8-6-13)19-10-14-3-4-15(11-19)20(14)12-16-2-1-9-22-16/h1-2,5-9,14-15H,3-4,10-12H2. The number of thiophene rings is 1. The molecule has 0 radical (unpaired) electrons. The number of carbonyl (C=O) groups excluding carboxylic acids is 1. The van der Waals surface area contributed by atoms with E-state index in [0.29, 0.717) is 12.1 Å². The van der Waals surface area contributed by atoms with Crippen LogP contribution in [-0.4, -0.2) is 45.9 Å². The maximum atomic E-state index is 12.6. The van der Waals surface area contributed by atoms with Crippen molar-refractivity contribution < 1.29 is 4.79 Å². The van der Waals surface area contributed by atoms with E-state index in [1.807, 2.05) is 28.4 Å². The second-order valence-corrected chi connectivity index (χ2v) is 7.11. The van der Waals surface area contributed by atoms with Crippen LogP contribution in [0.15, 0.2) is 42.0 Å². The molecule has 2 atom stereocenters. The van der Waals surface area contributed by atoms with Gasteiger partial charge in [-0.1, -0.05) is 6.07 Å². The molecule has 2 fully saturated rings. The van der Waals surface area contributed by atoms with Crippen molar-refractivity contribution in [2.24, 2.45) is 0 Å². The highest BCUT2D eigenvalue weighted by molar-refractivity contribution is 7.09. The molecule has 0 spiro atoms. The number of likely N-dealkylation sites (tertiary alicyclic amines) is 1. The Kier molecular flexibility index (Phi) is 3.68. The van der Waals surface area contributed by atoms with Gasteiger partial charge in [-0.15, -0.1) is 11.3 Å². The molecule has 22 heavy (non-hydrogen) atoms. The van der Waals surface area contributed by atoms with Crippen LogP contribution in [0.5, 0.6) is 0 Å². The summed E-state index contributed by atoms with van der Waals surface area (Å²) in [7, 11) is 0. The molecule has 4 rings (SSSR count). The van der Waals surface area contributed by atoms with Gasteiger partial charge in [0, 0.05) is 54.6 Å². The summed E-state index contributed by atoms with van der Waals surface area (Å²) >= 11 is 1.82. The number of rotatable bonds is 3. The first-order valence-electron chi connectivity index (χ1n) is 7.78. The molecule has 0 aliphatic carbocycles. The van der Waals surface area contributed by atoms with E-state index in [1.165, 1.54) is 17.7 Å².